The first-order chi connectivity index (χ1) is 12.0. The zero-order valence-corrected chi connectivity index (χ0v) is 14.9. The van der Waals surface area contributed by atoms with Crippen LogP contribution in [0, 0.1) is 23.7 Å². The molecule has 1 aromatic carbocycles. The van der Waals surface area contributed by atoms with Crippen LogP contribution in [0.5, 0.6) is 0 Å². The summed E-state index contributed by atoms with van der Waals surface area (Å²) in [5, 5.41) is 10.3. The molecule has 0 aromatic heterocycles. The number of hydrogen-bond acceptors (Lipinski definition) is 3. The molecule has 3 fully saturated rings. The lowest BCUT2D eigenvalue weighted by molar-refractivity contribution is -0.153. The zero-order valence-electron chi connectivity index (χ0n) is 14.1. The van der Waals surface area contributed by atoms with Crippen LogP contribution in [0.1, 0.15) is 19.3 Å². The second kappa shape index (κ2) is 6.52. The number of carboxylic acid groups (broad SMARTS) is 1. The second-order valence-electron chi connectivity index (χ2n) is 7.51. The van der Waals surface area contributed by atoms with Gasteiger partial charge < -0.3 is 14.9 Å². The minimum atomic E-state index is -0.787. The Bertz CT molecular complexity index is 670. The molecule has 5 nitrogen and oxygen atoms in total. The molecule has 1 heterocycles. The first-order valence-electron chi connectivity index (χ1n) is 9.06. The minimum Gasteiger partial charge on any atom is -0.481 e. The standard InChI is InChI=1S/C19H23ClN2O3/c20-14-3-5-15(6-4-14)21-7-9-22(10-8-21)18(23)16-12-1-2-13(11-12)17(16)19(24)25/h3-6,12-13,16-17H,1-2,7-11H2,(H,24,25)/t12-,13-,16-,17+/m1/s1. The molecule has 2 aliphatic carbocycles. The summed E-state index contributed by atoms with van der Waals surface area (Å²) < 4.78 is 0. The summed E-state index contributed by atoms with van der Waals surface area (Å²) in [5.41, 5.74) is 1.11. The van der Waals surface area contributed by atoms with Crippen molar-refractivity contribution in [2.24, 2.45) is 23.7 Å². The Morgan fingerprint density at radius 3 is 2.16 bits per heavy atom. The van der Waals surface area contributed by atoms with Gasteiger partial charge in [-0.3, -0.25) is 9.59 Å². The molecule has 25 heavy (non-hydrogen) atoms. The summed E-state index contributed by atoms with van der Waals surface area (Å²) in [6.45, 7) is 2.85. The van der Waals surface area contributed by atoms with E-state index in [1.807, 2.05) is 29.2 Å². The SMILES string of the molecule is O=C(O)[C@H]1[C@@H]2CC[C@H](C2)[C@H]1C(=O)N1CCN(c2ccc(Cl)cc2)CC1. The van der Waals surface area contributed by atoms with E-state index in [1.165, 1.54) is 0 Å². The Balaban J connectivity index is 1.41. The Labute approximate surface area is 152 Å². The molecule has 1 amide bonds. The summed E-state index contributed by atoms with van der Waals surface area (Å²) >= 11 is 5.94. The van der Waals surface area contributed by atoms with Crippen molar-refractivity contribution in [1.29, 1.82) is 0 Å². The highest BCUT2D eigenvalue weighted by atomic mass is 35.5. The number of fused-ring (bicyclic) bond motifs is 2. The number of amides is 1. The first kappa shape index (κ1) is 16.7. The van der Waals surface area contributed by atoms with Crippen molar-refractivity contribution in [3.05, 3.63) is 29.3 Å². The molecule has 2 saturated carbocycles. The molecule has 4 atom stereocenters. The van der Waals surface area contributed by atoms with E-state index in [1.54, 1.807) is 0 Å². The van der Waals surface area contributed by atoms with Gasteiger partial charge in [-0.2, -0.15) is 0 Å². The van der Waals surface area contributed by atoms with Gasteiger partial charge in [0.1, 0.15) is 0 Å². The van der Waals surface area contributed by atoms with Crippen molar-refractivity contribution >= 4 is 29.2 Å². The number of rotatable bonds is 3. The van der Waals surface area contributed by atoms with E-state index in [-0.39, 0.29) is 23.7 Å². The van der Waals surface area contributed by atoms with Gasteiger partial charge >= 0.3 is 5.97 Å². The summed E-state index contributed by atoms with van der Waals surface area (Å²) in [6, 6.07) is 7.74. The van der Waals surface area contributed by atoms with Crippen LogP contribution < -0.4 is 4.90 Å². The average Bonchev–Trinajstić information content (AvgIpc) is 3.23. The van der Waals surface area contributed by atoms with Gasteiger partial charge in [-0.15, -0.1) is 0 Å². The Kier molecular flexibility index (Phi) is 4.36. The summed E-state index contributed by atoms with van der Waals surface area (Å²) in [5.74, 6) is -1.03. The number of hydrogen-bond donors (Lipinski definition) is 1. The maximum Gasteiger partial charge on any atom is 0.307 e. The van der Waals surface area contributed by atoms with Gasteiger partial charge in [-0.1, -0.05) is 11.6 Å². The van der Waals surface area contributed by atoms with E-state index < -0.39 is 11.9 Å². The molecule has 1 N–H and O–H groups in total. The maximum atomic E-state index is 13.0. The Morgan fingerprint density at radius 1 is 0.960 bits per heavy atom. The van der Waals surface area contributed by atoms with Gasteiger partial charge in [0, 0.05) is 36.9 Å². The van der Waals surface area contributed by atoms with Crippen LogP contribution in [0.15, 0.2) is 24.3 Å². The molecule has 4 rings (SSSR count). The van der Waals surface area contributed by atoms with Crippen molar-refractivity contribution in [3.8, 4) is 0 Å². The molecule has 134 valence electrons. The normalized spacial score (nSPS) is 31.4. The quantitative estimate of drug-likeness (QED) is 0.898. The summed E-state index contributed by atoms with van der Waals surface area (Å²) in [7, 11) is 0. The van der Waals surface area contributed by atoms with E-state index in [0.29, 0.717) is 18.1 Å². The van der Waals surface area contributed by atoms with Crippen LogP contribution in [-0.4, -0.2) is 48.1 Å². The molecule has 2 bridgehead atoms. The van der Waals surface area contributed by atoms with Gasteiger partial charge in [0.2, 0.25) is 5.91 Å². The number of carbonyl (C=O) groups is 2. The van der Waals surface area contributed by atoms with Gasteiger partial charge in [-0.25, -0.2) is 0 Å². The van der Waals surface area contributed by atoms with E-state index in [4.69, 9.17) is 11.6 Å². The van der Waals surface area contributed by atoms with Crippen molar-refractivity contribution in [2.75, 3.05) is 31.1 Å². The van der Waals surface area contributed by atoms with Crippen molar-refractivity contribution in [2.45, 2.75) is 19.3 Å². The van der Waals surface area contributed by atoms with Crippen LogP contribution in [0.3, 0.4) is 0 Å². The average molecular weight is 363 g/mol. The molecule has 0 unspecified atom stereocenters. The van der Waals surface area contributed by atoms with Crippen molar-refractivity contribution < 1.29 is 14.7 Å². The lowest BCUT2D eigenvalue weighted by Crippen LogP contribution is -2.52. The molecule has 6 heteroatoms. The number of nitrogens with zero attached hydrogens (tertiary/aromatic N) is 2. The highest BCUT2D eigenvalue weighted by Crippen LogP contribution is 2.53. The summed E-state index contributed by atoms with van der Waals surface area (Å²) in [6.07, 6.45) is 2.89. The fourth-order valence-electron chi connectivity index (χ4n) is 5.05. The third-order valence-corrected chi connectivity index (χ3v) is 6.52. The largest absolute Gasteiger partial charge is 0.481 e. The molecule has 0 spiro atoms. The molecule has 1 saturated heterocycles. The molecular weight excluding hydrogens is 340 g/mol. The number of piperazine rings is 1. The lowest BCUT2D eigenvalue weighted by Gasteiger charge is -2.39. The fourth-order valence-corrected chi connectivity index (χ4v) is 5.18. The number of carboxylic acids is 1. The monoisotopic (exact) mass is 362 g/mol. The van der Waals surface area contributed by atoms with E-state index >= 15 is 0 Å². The molecule has 0 radical (unpaired) electrons. The van der Waals surface area contributed by atoms with Gasteiger partial charge in [0.25, 0.3) is 0 Å². The lowest BCUT2D eigenvalue weighted by atomic mass is 9.78. The van der Waals surface area contributed by atoms with Crippen LogP contribution in [0.25, 0.3) is 0 Å². The predicted octanol–water partition coefficient (Wildman–Crippen LogP) is 2.74. The van der Waals surface area contributed by atoms with Gasteiger partial charge in [0.05, 0.1) is 11.8 Å². The maximum absolute atomic E-state index is 13.0. The second-order valence-corrected chi connectivity index (χ2v) is 7.95. The first-order valence-corrected chi connectivity index (χ1v) is 9.44. The smallest absolute Gasteiger partial charge is 0.307 e. The van der Waals surface area contributed by atoms with Gasteiger partial charge in [0.15, 0.2) is 0 Å². The number of aliphatic carboxylic acids is 1. The van der Waals surface area contributed by atoms with E-state index in [9.17, 15) is 14.7 Å². The van der Waals surface area contributed by atoms with Gasteiger partial charge in [-0.05, 0) is 55.4 Å². The molecule has 1 aliphatic heterocycles. The Hall–Kier alpha value is -1.75. The van der Waals surface area contributed by atoms with E-state index in [0.717, 1.165) is 38.0 Å². The third-order valence-electron chi connectivity index (χ3n) is 6.27. The van der Waals surface area contributed by atoms with Crippen LogP contribution in [0.4, 0.5) is 5.69 Å². The number of carbonyl (C=O) groups excluding carboxylic acids is 1. The van der Waals surface area contributed by atoms with Crippen LogP contribution in [0.2, 0.25) is 5.02 Å². The number of benzene rings is 1. The molecule has 3 aliphatic rings. The molecular formula is C19H23ClN2O3. The third kappa shape index (κ3) is 2.99. The molecule has 1 aromatic rings. The fraction of sp³-hybridized carbons (Fsp3) is 0.579. The topological polar surface area (TPSA) is 60.9 Å². The highest BCUT2D eigenvalue weighted by Gasteiger charge is 2.54. The minimum absolute atomic E-state index is 0.0651. The number of anilines is 1. The van der Waals surface area contributed by atoms with Crippen molar-refractivity contribution in [1.82, 2.24) is 4.90 Å². The predicted molar refractivity (Wildman–Crippen MR) is 95.7 cm³/mol. The summed E-state index contributed by atoms with van der Waals surface area (Å²) in [4.78, 5) is 28.8. The highest BCUT2D eigenvalue weighted by molar-refractivity contribution is 6.30. The zero-order chi connectivity index (χ0) is 17.6. The number of halogens is 1. The Morgan fingerprint density at radius 2 is 1.56 bits per heavy atom. The van der Waals surface area contributed by atoms with Crippen LogP contribution in [-0.2, 0) is 9.59 Å². The van der Waals surface area contributed by atoms with Crippen molar-refractivity contribution in [3.63, 3.8) is 0 Å². The van der Waals surface area contributed by atoms with Crippen LogP contribution >= 0.6 is 11.6 Å². The van der Waals surface area contributed by atoms with E-state index in [2.05, 4.69) is 4.90 Å².